The van der Waals surface area contributed by atoms with Crippen LogP contribution in [0, 0.1) is 28.1 Å². The van der Waals surface area contributed by atoms with Gasteiger partial charge in [-0.1, -0.05) is 51.1 Å². The summed E-state index contributed by atoms with van der Waals surface area (Å²) in [5.41, 5.74) is 0.399. The minimum atomic E-state index is -0.902. The van der Waals surface area contributed by atoms with Crippen LogP contribution in [0.25, 0.3) is 0 Å². The van der Waals surface area contributed by atoms with Crippen molar-refractivity contribution >= 4 is 23.5 Å². The van der Waals surface area contributed by atoms with E-state index < -0.39 is 35.4 Å². The van der Waals surface area contributed by atoms with Gasteiger partial charge in [0.05, 0.1) is 6.10 Å². The molecule has 8 nitrogen and oxygen atoms in total. The molecule has 0 spiro atoms. The molecule has 36 heavy (non-hydrogen) atoms. The molecular weight excluding hydrogens is 458 g/mol. The summed E-state index contributed by atoms with van der Waals surface area (Å²) >= 11 is 0. The van der Waals surface area contributed by atoms with E-state index in [0.29, 0.717) is 6.54 Å². The van der Waals surface area contributed by atoms with Crippen LogP contribution in [0.5, 0.6) is 0 Å². The molecule has 1 aliphatic heterocycles. The van der Waals surface area contributed by atoms with Gasteiger partial charge in [0, 0.05) is 32.0 Å². The Labute approximate surface area is 212 Å². The molecule has 4 aliphatic rings. The van der Waals surface area contributed by atoms with Crippen LogP contribution in [0.1, 0.15) is 52.5 Å². The Morgan fingerprint density at radius 3 is 2.47 bits per heavy atom. The Morgan fingerprint density at radius 2 is 1.86 bits per heavy atom. The quantitative estimate of drug-likeness (QED) is 0.585. The number of likely N-dealkylation sites (N-methyl/N-ethyl adjacent to an activating group) is 1. The van der Waals surface area contributed by atoms with Gasteiger partial charge in [0.2, 0.25) is 17.7 Å². The maximum Gasteiger partial charge on any atom is 0.244 e. The number of hydrogen-bond acceptors (Lipinski definition) is 5. The van der Waals surface area contributed by atoms with E-state index in [1.165, 1.54) is 4.90 Å². The van der Waals surface area contributed by atoms with Crippen LogP contribution in [0.4, 0.5) is 0 Å². The Hall–Kier alpha value is -2.74. The van der Waals surface area contributed by atoms with Crippen molar-refractivity contribution in [3.8, 4) is 0 Å². The molecule has 8 atom stereocenters. The molecule has 8 heteroatoms. The van der Waals surface area contributed by atoms with Crippen LogP contribution in [0.2, 0.25) is 0 Å². The summed E-state index contributed by atoms with van der Waals surface area (Å²) in [4.78, 5) is 56.3. The molecule has 1 aromatic rings. The lowest BCUT2D eigenvalue weighted by atomic mass is 9.28. The van der Waals surface area contributed by atoms with E-state index in [1.54, 1.807) is 18.9 Å². The molecule has 3 saturated carbocycles. The van der Waals surface area contributed by atoms with E-state index in [1.807, 2.05) is 37.3 Å². The Kier molecular flexibility index (Phi) is 5.63. The monoisotopic (exact) mass is 495 g/mol. The number of carbonyl (C=O) groups excluding carboxylic acids is 4. The molecule has 3 aliphatic carbocycles. The number of nitrogens with zero attached hydrogens (tertiary/aromatic N) is 2. The number of amides is 3. The summed E-state index contributed by atoms with van der Waals surface area (Å²) < 4.78 is 0. The zero-order chi connectivity index (χ0) is 26.2. The third kappa shape index (κ3) is 3.22. The third-order valence-corrected chi connectivity index (χ3v) is 10.3. The van der Waals surface area contributed by atoms with Crippen LogP contribution in [0.3, 0.4) is 0 Å². The molecule has 0 bridgehead atoms. The van der Waals surface area contributed by atoms with Crippen molar-refractivity contribution in [1.82, 2.24) is 15.1 Å². The van der Waals surface area contributed by atoms with Crippen LogP contribution < -0.4 is 5.32 Å². The SMILES string of the molecule is C[C@H](NC(=O)[C@@H]1C[C@@H](O)CN1C(=O)C1C(=O)[C@@]2(C)CC3(C)C[C@H]1C32C)C(=O)N(C)Cc1ccccc1. The lowest BCUT2D eigenvalue weighted by molar-refractivity contribution is -0.270. The van der Waals surface area contributed by atoms with Gasteiger partial charge >= 0.3 is 0 Å². The molecular formula is C28H37N3O5. The second-order valence-corrected chi connectivity index (χ2v) is 12.2. The van der Waals surface area contributed by atoms with E-state index in [4.69, 9.17) is 0 Å². The van der Waals surface area contributed by atoms with Crippen molar-refractivity contribution in [1.29, 1.82) is 0 Å². The molecule has 1 aromatic carbocycles. The van der Waals surface area contributed by atoms with Crippen LogP contribution >= 0.6 is 0 Å². The Bertz CT molecular complexity index is 1120. The highest BCUT2D eigenvalue weighted by Crippen LogP contribution is 2.86. The van der Waals surface area contributed by atoms with Gasteiger partial charge in [-0.2, -0.15) is 0 Å². The summed E-state index contributed by atoms with van der Waals surface area (Å²) in [7, 11) is 1.68. The van der Waals surface area contributed by atoms with E-state index >= 15 is 0 Å². The highest BCUT2D eigenvalue weighted by Gasteiger charge is 2.85. The first-order valence-corrected chi connectivity index (χ1v) is 13.0. The number of benzene rings is 1. The largest absolute Gasteiger partial charge is 0.391 e. The number of hydrogen-bond donors (Lipinski definition) is 2. The molecule has 1 saturated heterocycles. The lowest BCUT2D eigenvalue weighted by Crippen LogP contribution is -2.70. The van der Waals surface area contributed by atoms with Gasteiger partial charge < -0.3 is 20.2 Å². The smallest absolute Gasteiger partial charge is 0.244 e. The fourth-order valence-electron chi connectivity index (χ4n) is 8.13. The second kappa shape index (κ2) is 8.13. The molecule has 3 amide bonds. The molecule has 2 N–H and O–H groups in total. The van der Waals surface area contributed by atoms with Gasteiger partial charge in [-0.15, -0.1) is 0 Å². The number of ketones is 1. The molecule has 194 valence electrons. The number of Topliss-reactive ketones (excluding diaryl/α,β-unsaturated/α-hetero) is 1. The summed E-state index contributed by atoms with van der Waals surface area (Å²) in [5.74, 6) is -1.86. The third-order valence-electron chi connectivity index (χ3n) is 10.3. The maximum atomic E-state index is 13.7. The first kappa shape index (κ1) is 24.9. The van der Waals surface area contributed by atoms with Crippen molar-refractivity contribution in [2.45, 2.75) is 71.7 Å². The van der Waals surface area contributed by atoms with Crippen molar-refractivity contribution in [3.05, 3.63) is 35.9 Å². The predicted octanol–water partition coefficient (Wildman–Crippen LogP) is 1.75. The number of nitrogens with one attached hydrogen (secondary N) is 1. The average Bonchev–Trinajstić information content (AvgIpc) is 3.24. The summed E-state index contributed by atoms with van der Waals surface area (Å²) in [5, 5.41) is 13.1. The van der Waals surface area contributed by atoms with E-state index in [-0.39, 0.29) is 47.3 Å². The minimum Gasteiger partial charge on any atom is -0.391 e. The topological polar surface area (TPSA) is 107 Å². The lowest BCUT2D eigenvalue weighted by Gasteiger charge is -2.74. The number of rotatable bonds is 6. The Balaban J connectivity index is 1.26. The molecule has 0 radical (unpaired) electrons. The van der Waals surface area contributed by atoms with Gasteiger partial charge in [0.25, 0.3) is 0 Å². The van der Waals surface area contributed by atoms with Crippen LogP contribution in [-0.2, 0) is 25.7 Å². The predicted molar refractivity (Wildman–Crippen MR) is 132 cm³/mol. The standard InChI is InChI=1S/C28H37N3O5/c1-16(24(35)30(5)13-17-9-7-6-8-10-17)29-23(34)20-11-18(32)14-31(20)25(36)21-19-12-26(2)15-27(3,22(21)33)28(19,26)4/h6-10,16,18-21,32H,11-15H2,1-5H3,(H,29,34)/t16-,18+,19+,20-,21?,26?,27+,28?/m0/s1. The van der Waals surface area contributed by atoms with Crippen molar-refractivity contribution in [2.24, 2.45) is 28.1 Å². The Morgan fingerprint density at radius 1 is 1.19 bits per heavy atom. The second-order valence-electron chi connectivity index (χ2n) is 12.2. The van der Waals surface area contributed by atoms with Gasteiger partial charge in [-0.05, 0) is 42.1 Å². The van der Waals surface area contributed by atoms with E-state index in [0.717, 1.165) is 18.4 Å². The highest BCUT2D eigenvalue weighted by molar-refractivity contribution is 6.09. The molecule has 0 aromatic heterocycles. The molecule has 3 unspecified atom stereocenters. The van der Waals surface area contributed by atoms with Gasteiger partial charge in [0.15, 0.2) is 5.78 Å². The van der Waals surface area contributed by atoms with E-state index in [9.17, 15) is 24.3 Å². The zero-order valence-electron chi connectivity index (χ0n) is 21.8. The molecule has 1 heterocycles. The normalized spacial score (nSPS) is 39.1. The van der Waals surface area contributed by atoms with Crippen LogP contribution in [-0.4, -0.2) is 70.2 Å². The summed E-state index contributed by atoms with van der Waals surface area (Å²) in [6.45, 7) is 8.38. The van der Waals surface area contributed by atoms with Crippen molar-refractivity contribution in [2.75, 3.05) is 13.6 Å². The van der Waals surface area contributed by atoms with Gasteiger partial charge in [-0.3, -0.25) is 19.2 Å². The fourth-order valence-corrected chi connectivity index (χ4v) is 8.13. The number of aliphatic hydroxyl groups is 1. The van der Waals surface area contributed by atoms with E-state index in [2.05, 4.69) is 19.2 Å². The fraction of sp³-hybridized carbons (Fsp3) is 0.643. The highest BCUT2D eigenvalue weighted by atomic mass is 16.3. The molecule has 4 fully saturated rings. The van der Waals surface area contributed by atoms with Crippen molar-refractivity contribution in [3.63, 3.8) is 0 Å². The first-order valence-electron chi connectivity index (χ1n) is 13.0. The summed E-state index contributed by atoms with van der Waals surface area (Å²) in [6.07, 6.45) is 0.893. The molecule has 5 rings (SSSR count). The van der Waals surface area contributed by atoms with Gasteiger partial charge in [0.1, 0.15) is 18.0 Å². The number of aliphatic hydroxyl groups excluding tert-OH is 1. The van der Waals surface area contributed by atoms with Crippen molar-refractivity contribution < 1.29 is 24.3 Å². The van der Waals surface area contributed by atoms with Gasteiger partial charge in [-0.25, -0.2) is 0 Å². The average molecular weight is 496 g/mol. The summed E-state index contributed by atoms with van der Waals surface area (Å²) in [6, 6.07) is 7.88. The minimum absolute atomic E-state index is 0.0124. The number of β-amino-alcohol motifs (C(OH)–C–C–N with tert-alkyl or cyclic N) is 1. The zero-order valence-corrected chi connectivity index (χ0v) is 21.8. The van der Waals surface area contributed by atoms with Crippen LogP contribution in [0.15, 0.2) is 30.3 Å². The number of likely N-dealkylation sites (tertiary alicyclic amines) is 1. The first-order chi connectivity index (χ1) is 16.8. The number of carbonyl (C=O) groups is 4. The maximum absolute atomic E-state index is 13.7.